The Labute approximate surface area is 360 Å². The lowest BCUT2D eigenvalue weighted by Gasteiger charge is -2.41. The van der Waals surface area contributed by atoms with Crippen LogP contribution in [-0.2, 0) is 5.41 Å². The van der Waals surface area contributed by atoms with E-state index in [0.29, 0.717) is 0 Å². The Morgan fingerprint density at radius 1 is 0.435 bits per heavy atom. The molecule has 1 aliphatic heterocycles. The molecule has 0 saturated carbocycles. The number of nitrogens with zero attached hydrogens (tertiary/aromatic N) is 3. The van der Waals surface area contributed by atoms with Gasteiger partial charge in [-0.2, -0.15) is 0 Å². The minimum Gasteiger partial charge on any atom is -0.309 e. The maximum Gasteiger partial charge on any atom is 0.160 e. The van der Waals surface area contributed by atoms with E-state index in [4.69, 9.17) is 9.97 Å². The second-order valence-electron chi connectivity index (χ2n) is 16.8. The third-order valence-electron chi connectivity index (χ3n) is 13.7. The Morgan fingerprint density at radius 2 is 1.03 bits per heavy atom. The van der Waals surface area contributed by atoms with E-state index in [-0.39, 0.29) is 5.92 Å². The van der Waals surface area contributed by atoms with Gasteiger partial charge in [-0.1, -0.05) is 200 Å². The maximum atomic E-state index is 5.33. The molecule has 290 valence electrons. The molecule has 3 aliphatic rings. The van der Waals surface area contributed by atoms with Gasteiger partial charge in [0.1, 0.15) is 0 Å². The molecular weight excluding hydrogens is 751 g/mol. The van der Waals surface area contributed by atoms with Crippen molar-refractivity contribution in [2.24, 2.45) is 0 Å². The van der Waals surface area contributed by atoms with Crippen LogP contribution < -0.4 is 0 Å². The van der Waals surface area contributed by atoms with Crippen molar-refractivity contribution in [3.8, 4) is 50.6 Å². The predicted molar refractivity (Wildman–Crippen MR) is 254 cm³/mol. The molecule has 2 aliphatic carbocycles. The summed E-state index contributed by atoms with van der Waals surface area (Å²) < 4.78 is 2.53. The van der Waals surface area contributed by atoms with E-state index in [1.54, 1.807) is 0 Å². The van der Waals surface area contributed by atoms with E-state index >= 15 is 0 Å². The molecule has 0 fully saturated rings. The van der Waals surface area contributed by atoms with Gasteiger partial charge in [0.25, 0.3) is 0 Å². The van der Waals surface area contributed by atoms with Crippen molar-refractivity contribution >= 4 is 27.4 Å². The summed E-state index contributed by atoms with van der Waals surface area (Å²) in [5, 5.41) is 2.58. The van der Waals surface area contributed by atoms with Gasteiger partial charge in [-0.15, -0.1) is 0 Å². The SMILES string of the molecule is C1=C(c2cc(-c3ccccc3)nc(-c3ccccc3)n2)CC2C(=C1)C1(c3ccc(-c4ccc(-c5ccccc5)cc4)cc32)c2ccccc2-n2c3ccccc3c3cccc1c32. The van der Waals surface area contributed by atoms with Crippen LogP contribution >= 0.6 is 0 Å². The van der Waals surface area contributed by atoms with Gasteiger partial charge in [-0.05, 0) is 80.3 Å². The van der Waals surface area contributed by atoms with Gasteiger partial charge < -0.3 is 4.57 Å². The van der Waals surface area contributed by atoms with Crippen LogP contribution in [0.4, 0.5) is 0 Å². The molecule has 3 nitrogen and oxygen atoms in total. The first-order valence-electron chi connectivity index (χ1n) is 21.6. The lowest BCUT2D eigenvalue weighted by atomic mass is 9.63. The Kier molecular flexibility index (Phi) is 7.65. The minimum absolute atomic E-state index is 0.114. The van der Waals surface area contributed by atoms with Gasteiger partial charge in [-0.3, -0.25) is 0 Å². The van der Waals surface area contributed by atoms with E-state index < -0.39 is 5.41 Å². The monoisotopic (exact) mass is 789 g/mol. The Balaban J connectivity index is 1.05. The number of hydrogen-bond acceptors (Lipinski definition) is 2. The molecule has 3 heterocycles. The zero-order chi connectivity index (χ0) is 40.8. The average molecular weight is 790 g/mol. The molecule has 2 unspecified atom stereocenters. The van der Waals surface area contributed by atoms with Crippen molar-refractivity contribution < 1.29 is 0 Å². The van der Waals surface area contributed by atoms with Gasteiger partial charge in [0.05, 0.1) is 33.5 Å². The molecule has 0 N–H and O–H groups in total. The van der Waals surface area contributed by atoms with Gasteiger partial charge >= 0.3 is 0 Å². The van der Waals surface area contributed by atoms with Crippen LogP contribution in [0.15, 0.2) is 224 Å². The van der Waals surface area contributed by atoms with Gasteiger partial charge in [0.2, 0.25) is 0 Å². The molecule has 0 radical (unpaired) electrons. The molecule has 3 heteroatoms. The van der Waals surface area contributed by atoms with Crippen molar-refractivity contribution in [3.05, 3.63) is 252 Å². The first-order chi connectivity index (χ1) is 30.7. The Bertz CT molecular complexity index is 3410. The first-order valence-corrected chi connectivity index (χ1v) is 21.6. The second-order valence-corrected chi connectivity index (χ2v) is 16.8. The molecule has 0 amide bonds. The van der Waals surface area contributed by atoms with Crippen molar-refractivity contribution in [2.75, 3.05) is 0 Å². The van der Waals surface area contributed by atoms with E-state index in [1.807, 2.05) is 6.07 Å². The fourth-order valence-electron chi connectivity index (χ4n) is 11.0. The highest BCUT2D eigenvalue weighted by atomic mass is 15.0. The summed E-state index contributed by atoms with van der Waals surface area (Å²) in [5.41, 5.74) is 20.2. The fourth-order valence-corrected chi connectivity index (χ4v) is 11.0. The smallest absolute Gasteiger partial charge is 0.160 e. The van der Waals surface area contributed by atoms with Gasteiger partial charge in [-0.25, -0.2) is 9.97 Å². The van der Waals surface area contributed by atoms with Gasteiger partial charge in [0.15, 0.2) is 5.82 Å². The molecule has 2 atom stereocenters. The van der Waals surface area contributed by atoms with E-state index in [2.05, 4.69) is 217 Å². The summed E-state index contributed by atoms with van der Waals surface area (Å²) in [6.45, 7) is 0. The van der Waals surface area contributed by atoms with Crippen LogP contribution in [-0.4, -0.2) is 14.5 Å². The summed E-state index contributed by atoms with van der Waals surface area (Å²) in [4.78, 5) is 10.5. The number of para-hydroxylation sites is 3. The molecule has 1 spiro atoms. The highest BCUT2D eigenvalue weighted by Crippen LogP contribution is 2.64. The Morgan fingerprint density at radius 3 is 1.82 bits per heavy atom. The molecule has 10 aromatic rings. The number of fused-ring (bicyclic) bond motifs is 12. The average Bonchev–Trinajstić information content (AvgIpc) is 3.84. The minimum atomic E-state index is -0.492. The second kappa shape index (κ2) is 13.6. The normalized spacial score (nSPS) is 17.1. The molecule has 13 rings (SSSR count). The highest BCUT2D eigenvalue weighted by Gasteiger charge is 2.54. The highest BCUT2D eigenvalue weighted by molar-refractivity contribution is 6.12. The fraction of sp³-hybridized carbons (Fsp3) is 0.0508. The summed E-state index contributed by atoms with van der Waals surface area (Å²) in [7, 11) is 0. The van der Waals surface area contributed by atoms with Crippen molar-refractivity contribution in [3.63, 3.8) is 0 Å². The predicted octanol–water partition coefficient (Wildman–Crippen LogP) is 14.4. The maximum absolute atomic E-state index is 5.33. The molecule has 2 aromatic heterocycles. The quantitative estimate of drug-likeness (QED) is 0.174. The molecule has 0 bridgehead atoms. The van der Waals surface area contributed by atoms with Crippen LogP contribution in [0.1, 0.15) is 40.3 Å². The van der Waals surface area contributed by atoms with Crippen LogP contribution in [0.25, 0.3) is 78.0 Å². The number of allylic oxidation sites excluding steroid dienone is 4. The van der Waals surface area contributed by atoms with Crippen LogP contribution in [0.5, 0.6) is 0 Å². The molecule has 8 aromatic carbocycles. The summed E-state index contributed by atoms with van der Waals surface area (Å²) in [6, 6.07) is 75.1. The van der Waals surface area contributed by atoms with Crippen molar-refractivity contribution in [2.45, 2.75) is 17.8 Å². The van der Waals surface area contributed by atoms with E-state index in [0.717, 1.165) is 34.8 Å². The lowest BCUT2D eigenvalue weighted by molar-refractivity contribution is 0.686. The lowest BCUT2D eigenvalue weighted by Crippen LogP contribution is -2.34. The number of aromatic nitrogens is 3. The van der Waals surface area contributed by atoms with E-state index in [9.17, 15) is 0 Å². The third-order valence-corrected chi connectivity index (χ3v) is 13.7. The van der Waals surface area contributed by atoms with Crippen molar-refractivity contribution in [1.82, 2.24) is 14.5 Å². The van der Waals surface area contributed by atoms with Crippen LogP contribution in [0, 0.1) is 0 Å². The first kappa shape index (κ1) is 34.9. The van der Waals surface area contributed by atoms with Gasteiger partial charge in [0, 0.05) is 27.8 Å². The zero-order valence-corrected chi connectivity index (χ0v) is 33.9. The van der Waals surface area contributed by atoms with E-state index in [1.165, 1.54) is 83.1 Å². The topological polar surface area (TPSA) is 30.7 Å². The van der Waals surface area contributed by atoms with Crippen LogP contribution in [0.3, 0.4) is 0 Å². The molecular formula is C59H39N3. The number of benzene rings is 8. The molecule has 0 saturated heterocycles. The molecule has 62 heavy (non-hydrogen) atoms. The Hall–Kier alpha value is -7.88. The van der Waals surface area contributed by atoms with Crippen LogP contribution in [0.2, 0.25) is 0 Å². The summed E-state index contributed by atoms with van der Waals surface area (Å²) in [5.74, 6) is 0.853. The number of rotatable bonds is 5. The third kappa shape index (κ3) is 5.06. The number of hydrogen-bond donors (Lipinski definition) is 0. The van der Waals surface area contributed by atoms with Crippen molar-refractivity contribution in [1.29, 1.82) is 0 Å². The summed E-state index contributed by atoms with van der Waals surface area (Å²) in [6.07, 6.45) is 5.64. The largest absolute Gasteiger partial charge is 0.309 e. The summed E-state index contributed by atoms with van der Waals surface area (Å²) >= 11 is 0. The zero-order valence-electron chi connectivity index (χ0n) is 33.9. The standard InChI is InChI=1S/C59H39N3/c1-4-15-38(16-5-1)39-27-29-40(30-28-39)43-31-33-49-47(35-43)48-36-44(54-37-53(41-17-6-2-7-18-41)60-58(61-54)42-19-8-3-9-20-42)32-34-50(48)59(49)51-23-11-13-26-56(51)62-55-25-12-10-21-45(55)46-22-14-24-52(59)57(46)62/h1-35,37,48H,36H2.